The van der Waals surface area contributed by atoms with Crippen molar-refractivity contribution in [1.82, 2.24) is 40.4 Å². The van der Waals surface area contributed by atoms with E-state index in [2.05, 4.69) is 57.0 Å². The van der Waals surface area contributed by atoms with Crippen molar-refractivity contribution in [2.24, 2.45) is 11.8 Å². The van der Waals surface area contributed by atoms with Crippen LogP contribution in [0.1, 0.15) is 102 Å². The molecule has 4 N–H and O–H groups in total. The first kappa shape index (κ1) is 43.1. The molecule has 4 amide bonds. The molecule has 0 spiro atoms. The smallest absolute Gasteiger partial charge is 0.407 e. The summed E-state index contributed by atoms with van der Waals surface area (Å²) in [6.45, 7) is 10.8. The van der Waals surface area contributed by atoms with Crippen molar-refractivity contribution in [1.29, 1.82) is 0 Å². The maximum atomic E-state index is 14.3. The van der Waals surface area contributed by atoms with E-state index in [-0.39, 0.29) is 54.0 Å². The standard InChI is InChI=1S/C48H58N8O8/c1-24(2)40(53-47(59)61-6)46(58)56-25(3)10-15-38(56)44-50-35-14-12-28-20-34-32-13-11-29(19-31(32)23-63-39(34)21-33(28)42(35)52-44)36-22-49-43(51-36)37-9-8-16-55(37)45(57)41(54-48(60)62-7)30-17-26(4)64-27(5)18-30/h11-14,19-22,24-27,30,37-38,40-41H,8-10,15-18,23H2,1-7H3,(H,49,51)(H,50,52)(H,53,59)(H,54,60)/t25-,26+,27+,37-,38-,40?,41?/m0/s1. The zero-order valence-electron chi connectivity index (χ0n) is 37.5. The zero-order valence-corrected chi connectivity index (χ0v) is 37.5. The lowest BCUT2D eigenvalue weighted by Crippen LogP contribution is -2.54. The number of rotatable bonds is 9. The van der Waals surface area contributed by atoms with E-state index in [0.29, 0.717) is 37.6 Å². The number of aromatic nitrogens is 4. The molecule has 64 heavy (non-hydrogen) atoms. The molecule has 338 valence electrons. The molecule has 16 nitrogen and oxygen atoms in total. The van der Waals surface area contributed by atoms with Crippen LogP contribution in [-0.4, -0.2) is 105 Å². The summed E-state index contributed by atoms with van der Waals surface area (Å²) in [5.41, 5.74) is 6.58. The number of amides is 4. The number of methoxy groups -OCH3 is 2. The van der Waals surface area contributed by atoms with Crippen LogP contribution in [0.5, 0.6) is 5.75 Å². The molecule has 6 heterocycles. The molecule has 4 aliphatic heterocycles. The van der Waals surface area contributed by atoms with Gasteiger partial charge in [0.1, 0.15) is 36.1 Å². The lowest BCUT2D eigenvalue weighted by Gasteiger charge is -2.38. The van der Waals surface area contributed by atoms with Gasteiger partial charge in [-0.25, -0.2) is 19.6 Å². The summed E-state index contributed by atoms with van der Waals surface area (Å²) in [5.74, 6) is 1.69. The Kier molecular flexibility index (Phi) is 11.7. The number of hydrogen-bond acceptors (Lipinski definition) is 10. The van der Waals surface area contributed by atoms with Crippen molar-refractivity contribution < 1.29 is 38.1 Å². The minimum Gasteiger partial charge on any atom is -0.488 e. The highest BCUT2D eigenvalue weighted by Crippen LogP contribution is 2.44. The summed E-state index contributed by atoms with van der Waals surface area (Å²) in [5, 5.41) is 7.56. The highest BCUT2D eigenvalue weighted by molar-refractivity contribution is 6.07. The number of benzene rings is 3. The summed E-state index contributed by atoms with van der Waals surface area (Å²) < 4.78 is 22.2. The number of hydrogen-bond donors (Lipinski definition) is 4. The van der Waals surface area contributed by atoms with E-state index in [1.165, 1.54) is 14.2 Å². The Morgan fingerprint density at radius 2 is 1.61 bits per heavy atom. The molecular formula is C48H58N8O8. The number of imidazole rings is 2. The highest BCUT2D eigenvalue weighted by atomic mass is 16.5. The molecular weight excluding hydrogens is 817 g/mol. The maximum Gasteiger partial charge on any atom is 0.407 e. The van der Waals surface area contributed by atoms with Crippen LogP contribution in [0, 0.1) is 11.8 Å². The van der Waals surface area contributed by atoms with Gasteiger partial charge in [0.05, 0.1) is 61.4 Å². The number of nitrogens with zero attached hydrogens (tertiary/aromatic N) is 4. The fraction of sp³-hybridized carbons (Fsp3) is 0.500. The minimum absolute atomic E-state index is 0.0236. The molecule has 2 unspecified atom stereocenters. The van der Waals surface area contributed by atoms with Crippen LogP contribution >= 0.6 is 0 Å². The third-order valence-electron chi connectivity index (χ3n) is 13.7. The number of nitrogens with one attached hydrogen (secondary N) is 4. The second-order valence-corrected chi connectivity index (χ2v) is 18.3. The van der Waals surface area contributed by atoms with Gasteiger partial charge in [0.15, 0.2) is 0 Å². The van der Waals surface area contributed by atoms with Crippen molar-refractivity contribution in [2.75, 3.05) is 20.8 Å². The molecule has 3 fully saturated rings. The Hall–Kier alpha value is -6.16. The monoisotopic (exact) mass is 874 g/mol. The van der Waals surface area contributed by atoms with Gasteiger partial charge in [-0.2, -0.15) is 0 Å². The van der Waals surface area contributed by atoms with Crippen LogP contribution in [0.2, 0.25) is 0 Å². The van der Waals surface area contributed by atoms with Gasteiger partial charge in [-0.3, -0.25) is 9.59 Å². The Labute approximate surface area is 372 Å². The second kappa shape index (κ2) is 17.4. The predicted octanol–water partition coefficient (Wildman–Crippen LogP) is 7.69. The maximum absolute atomic E-state index is 14.3. The molecule has 0 saturated carbocycles. The predicted molar refractivity (Wildman–Crippen MR) is 239 cm³/mol. The minimum atomic E-state index is -0.731. The number of ether oxygens (including phenoxy) is 4. The number of H-pyrrole nitrogens is 2. The van der Waals surface area contributed by atoms with Gasteiger partial charge in [-0.1, -0.05) is 32.0 Å². The molecule has 2 aromatic heterocycles. The molecule has 16 heteroatoms. The molecule has 5 aromatic rings. The van der Waals surface area contributed by atoms with E-state index in [9.17, 15) is 19.2 Å². The fourth-order valence-corrected chi connectivity index (χ4v) is 10.6. The van der Waals surface area contributed by atoms with Crippen LogP contribution in [-0.2, 0) is 30.4 Å². The third-order valence-corrected chi connectivity index (χ3v) is 13.7. The van der Waals surface area contributed by atoms with Crippen LogP contribution in [0.15, 0.2) is 48.7 Å². The topological polar surface area (TPSA) is 193 Å². The first-order valence-corrected chi connectivity index (χ1v) is 22.6. The summed E-state index contributed by atoms with van der Waals surface area (Å²) in [6, 6.07) is 12.7. The third kappa shape index (κ3) is 8.01. The lowest BCUT2D eigenvalue weighted by atomic mass is 9.85. The van der Waals surface area contributed by atoms with Crippen molar-refractivity contribution in [3.8, 4) is 28.1 Å². The van der Waals surface area contributed by atoms with Crippen molar-refractivity contribution in [2.45, 2.75) is 122 Å². The molecule has 7 atom stereocenters. The number of carbonyl (C=O) groups excluding carboxylic acids is 4. The Morgan fingerprint density at radius 3 is 2.36 bits per heavy atom. The van der Waals surface area contributed by atoms with Gasteiger partial charge in [0.2, 0.25) is 11.8 Å². The number of likely N-dealkylation sites (tertiary alicyclic amines) is 2. The quantitative estimate of drug-likeness (QED) is 0.114. The summed E-state index contributed by atoms with van der Waals surface area (Å²) in [6.07, 6.45) is 4.98. The average Bonchev–Trinajstić information content (AvgIpc) is 4.12. The average molecular weight is 875 g/mol. The van der Waals surface area contributed by atoms with Gasteiger partial charge in [0, 0.05) is 23.5 Å². The van der Waals surface area contributed by atoms with Gasteiger partial charge < -0.3 is 49.3 Å². The Morgan fingerprint density at radius 1 is 0.844 bits per heavy atom. The first-order valence-electron chi connectivity index (χ1n) is 22.6. The Bertz CT molecular complexity index is 2590. The van der Waals surface area contributed by atoms with E-state index in [0.717, 1.165) is 81.2 Å². The van der Waals surface area contributed by atoms with Crippen LogP contribution < -0.4 is 15.4 Å². The Balaban J connectivity index is 0.950. The molecule has 0 radical (unpaired) electrons. The first-order chi connectivity index (χ1) is 30.8. The van der Waals surface area contributed by atoms with Crippen LogP contribution in [0.25, 0.3) is 44.2 Å². The van der Waals surface area contributed by atoms with E-state index < -0.39 is 24.3 Å². The summed E-state index contributed by atoms with van der Waals surface area (Å²) in [4.78, 5) is 73.6. The van der Waals surface area contributed by atoms with Crippen molar-refractivity contribution >= 4 is 45.8 Å². The highest BCUT2D eigenvalue weighted by Gasteiger charge is 2.43. The van der Waals surface area contributed by atoms with Crippen molar-refractivity contribution in [3.05, 3.63) is 65.9 Å². The molecule has 3 saturated heterocycles. The molecule has 4 aliphatic rings. The van der Waals surface area contributed by atoms with E-state index in [1.54, 1.807) is 0 Å². The molecule has 9 rings (SSSR count). The van der Waals surface area contributed by atoms with Gasteiger partial charge in [-0.15, -0.1) is 0 Å². The van der Waals surface area contributed by atoms with Crippen molar-refractivity contribution in [3.63, 3.8) is 0 Å². The zero-order chi connectivity index (χ0) is 45.0. The van der Waals surface area contributed by atoms with Gasteiger partial charge in [0.25, 0.3) is 0 Å². The normalized spacial score (nSPS) is 23.9. The van der Waals surface area contributed by atoms with E-state index in [4.69, 9.17) is 28.9 Å². The number of fused-ring (bicyclic) bond motifs is 6. The molecule has 0 bridgehead atoms. The lowest BCUT2D eigenvalue weighted by molar-refractivity contribution is -0.139. The van der Waals surface area contributed by atoms with Gasteiger partial charge >= 0.3 is 12.2 Å². The SMILES string of the molecule is COC(=O)NC(C(=O)N1[C@@H](C)CC[C@H]1c1nc2c(ccc3cc4c(cc32)OCc2cc(-c3cnc([C@@H]5CCCN5C(=O)C(NC(=O)OC)C5C[C@@H](C)O[C@H](C)C5)[nH]3)ccc2-4)[nH]1)C(C)C. The van der Waals surface area contributed by atoms with Gasteiger partial charge in [-0.05, 0) is 117 Å². The van der Waals surface area contributed by atoms with E-state index >= 15 is 0 Å². The largest absolute Gasteiger partial charge is 0.488 e. The van der Waals surface area contributed by atoms with E-state index in [1.807, 2.05) is 56.7 Å². The number of aromatic amines is 2. The number of alkyl carbamates (subject to hydrolysis) is 2. The summed E-state index contributed by atoms with van der Waals surface area (Å²) in [7, 11) is 2.61. The van der Waals surface area contributed by atoms with Crippen LogP contribution in [0.3, 0.4) is 0 Å². The fourth-order valence-electron chi connectivity index (χ4n) is 10.6. The molecule has 0 aliphatic carbocycles. The summed E-state index contributed by atoms with van der Waals surface area (Å²) >= 11 is 0. The second-order valence-electron chi connectivity index (χ2n) is 18.3. The number of carbonyl (C=O) groups is 4. The van der Waals surface area contributed by atoms with Crippen LogP contribution in [0.4, 0.5) is 9.59 Å². The molecule has 3 aromatic carbocycles.